The molecule has 0 heterocycles. The van der Waals surface area contributed by atoms with Crippen molar-refractivity contribution in [3.63, 3.8) is 0 Å². The van der Waals surface area contributed by atoms with E-state index >= 15 is 0 Å². The zero-order valence-electron chi connectivity index (χ0n) is 7.19. The van der Waals surface area contributed by atoms with E-state index < -0.39 is 15.0 Å². The first-order valence-corrected chi connectivity index (χ1v) is 5.28. The molecular weight excluding hydrogens is 230 g/mol. The highest BCUT2D eigenvalue weighted by Gasteiger charge is 2.17. The minimum atomic E-state index is -4.35. The summed E-state index contributed by atoms with van der Waals surface area (Å²) in [4.78, 5) is -0.418. The van der Waals surface area contributed by atoms with E-state index in [-0.39, 0.29) is 16.5 Å². The first-order valence-electron chi connectivity index (χ1n) is 3.46. The average Bonchev–Trinajstić information content (AvgIpc) is 2.02. The van der Waals surface area contributed by atoms with E-state index in [0.29, 0.717) is 0 Å². The van der Waals surface area contributed by atoms with Gasteiger partial charge in [-0.05, 0) is 6.07 Å². The lowest BCUT2D eigenvalue weighted by Gasteiger charge is -2.07. The van der Waals surface area contributed by atoms with Crippen LogP contribution in [0.25, 0.3) is 0 Å². The lowest BCUT2D eigenvalue weighted by atomic mass is 10.3. The lowest BCUT2D eigenvalue weighted by molar-refractivity contribution is 0.413. The second-order valence-electron chi connectivity index (χ2n) is 2.50. The normalized spacial score (nSPS) is 11.4. The van der Waals surface area contributed by atoms with Crippen LogP contribution in [-0.4, -0.2) is 20.1 Å². The second-order valence-corrected chi connectivity index (χ2v) is 4.30. The first kappa shape index (κ1) is 11.1. The summed E-state index contributed by atoms with van der Waals surface area (Å²) in [5, 5.41) is 0.178. The smallest absolute Gasteiger partial charge is 0.296 e. The summed E-state index contributed by atoms with van der Waals surface area (Å²) < 4.78 is 35.2. The van der Waals surface area contributed by atoms with Crippen molar-refractivity contribution in [1.82, 2.24) is 0 Å². The highest BCUT2D eigenvalue weighted by atomic mass is 35.5. The summed E-state index contributed by atoms with van der Waals surface area (Å²) in [5.41, 5.74) is 5.23. The molecule has 0 aliphatic rings. The number of halogens is 1. The van der Waals surface area contributed by atoms with Gasteiger partial charge in [0.15, 0.2) is 0 Å². The monoisotopic (exact) mass is 237 g/mol. The third-order valence-electron chi connectivity index (χ3n) is 1.56. The molecule has 0 unspecified atom stereocenters. The van der Waals surface area contributed by atoms with Gasteiger partial charge >= 0.3 is 0 Å². The molecule has 1 aromatic carbocycles. The summed E-state index contributed by atoms with van der Waals surface area (Å²) in [5.74, 6) is 0.133. The van der Waals surface area contributed by atoms with Crippen molar-refractivity contribution in [2.45, 2.75) is 4.90 Å². The number of ether oxygens (including phenoxy) is 1. The Morgan fingerprint density at radius 1 is 1.50 bits per heavy atom. The van der Waals surface area contributed by atoms with E-state index in [0.717, 1.165) is 6.07 Å². The Labute approximate surface area is 86.2 Å². The van der Waals surface area contributed by atoms with Gasteiger partial charge in [-0.25, -0.2) is 0 Å². The van der Waals surface area contributed by atoms with Gasteiger partial charge in [0.1, 0.15) is 10.6 Å². The van der Waals surface area contributed by atoms with E-state index in [1.165, 1.54) is 13.2 Å². The largest absolute Gasteiger partial charge is 0.495 e. The van der Waals surface area contributed by atoms with Crippen LogP contribution in [-0.2, 0) is 10.1 Å². The number of nitrogen functional groups attached to an aromatic ring is 1. The minimum Gasteiger partial charge on any atom is -0.495 e. The Bertz CT molecular complexity index is 457. The van der Waals surface area contributed by atoms with E-state index in [2.05, 4.69) is 0 Å². The van der Waals surface area contributed by atoms with Crippen molar-refractivity contribution >= 4 is 27.4 Å². The van der Waals surface area contributed by atoms with Gasteiger partial charge in [0.2, 0.25) is 0 Å². The third-order valence-corrected chi connectivity index (χ3v) is 2.77. The molecule has 0 amide bonds. The van der Waals surface area contributed by atoms with Gasteiger partial charge in [0.25, 0.3) is 10.1 Å². The van der Waals surface area contributed by atoms with Crippen molar-refractivity contribution in [2.24, 2.45) is 0 Å². The fraction of sp³-hybridized carbons (Fsp3) is 0.143. The second kappa shape index (κ2) is 3.64. The molecule has 14 heavy (non-hydrogen) atoms. The first-order chi connectivity index (χ1) is 6.36. The Balaban J connectivity index is 3.47. The van der Waals surface area contributed by atoms with Crippen LogP contribution < -0.4 is 10.5 Å². The molecule has 0 aromatic heterocycles. The molecule has 1 aromatic rings. The number of benzene rings is 1. The van der Waals surface area contributed by atoms with E-state index in [1.54, 1.807) is 0 Å². The molecule has 0 saturated heterocycles. The maximum atomic E-state index is 10.8. The number of hydrogen-bond acceptors (Lipinski definition) is 4. The van der Waals surface area contributed by atoms with E-state index in [9.17, 15) is 8.42 Å². The lowest BCUT2D eigenvalue weighted by Crippen LogP contribution is -2.03. The predicted octanol–water partition coefficient (Wildman–Crippen LogP) is 1.18. The van der Waals surface area contributed by atoms with Crippen LogP contribution in [0.4, 0.5) is 5.69 Å². The zero-order chi connectivity index (χ0) is 10.9. The topological polar surface area (TPSA) is 89.6 Å². The number of rotatable bonds is 2. The molecule has 7 heteroatoms. The maximum Gasteiger partial charge on any atom is 0.296 e. The Kier molecular flexibility index (Phi) is 2.89. The number of nitrogens with two attached hydrogens (primary N) is 1. The SMILES string of the molecule is COc1cc(S(=O)(=O)O)c(N)cc1Cl. The van der Waals surface area contributed by atoms with Crippen molar-refractivity contribution in [3.8, 4) is 5.75 Å². The minimum absolute atomic E-state index is 0.127. The van der Waals surface area contributed by atoms with Crippen LogP contribution in [0.2, 0.25) is 5.02 Å². The fourth-order valence-corrected chi connectivity index (χ4v) is 1.79. The molecule has 0 bridgehead atoms. The highest BCUT2D eigenvalue weighted by Crippen LogP contribution is 2.31. The van der Waals surface area contributed by atoms with Crippen LogP contribution in [0.1, 0.15) is 0 Å². The molecule has 0 aliphatic heterocycles. The molecular formula is C7H8ClNO4S. The van der Waals surface area contributed by atoms with Crippen molar-refractivity contribution in [3.05, 3.63) is 17.2 Å². The van der Waals surface area contributed by atoms with Crippen LogP contribution in [0.5, 0.6) is 5.75 Å². The molecule has 3 N–H and O–H groups in total. The Morgan fingerprint density at radius 2 is 2.07 bits per heavy atom. The van der Waals surface area contributed by atoms with Crippen LogP contribution in [0, 0.1) is 0 Å². The molecule has 5 nitrogen and oxygen atoms in total. The molecule has 0 spiro atoms. The highest BCUT2D eigenvalue weighted by molar-refractivity contribution is 7.86. The summed E-state index contributed by atoms with van der Waals surface area (Å²) >= 11 is 5.67. The summed E-state index contributed by atoms with van der Waals surface area (Å²) in [6, 6.07) is 2.26. The summed E-state index contributed by atoms with van der Waals surface area (Å²) in [6.45, 7) is 0. The van der Waals surface area contributed by atoms with Gasteiger partial charge in [-0.15, -0.1) is 0 Å². The number of hydrogen-bond donors (Lipinski definition) is 2. The average molecular weight is 238 g/mol. The van der Waals surface area contributed by atoms with Crippen molar-refractivity contribution in [1.29, 1.82) is 0 Å². The molecule has 1 rings (SSSR count). The van der Waals surface area contributed by atoms with Crippen molar-refractivity contribution < 1.29 is 17.7 Å². The third kappa shape index (κ3) is 2.09. The van der Waals surface area contributed by atoms with Gasteiger partial charge in [-0.3, -0.25) is 4.55 Å². The van der Waals surface area contributed by atoms with Gasteiger partial charge in [0, 0.05) is 6.07 Å². The summed E-state index contributed by atoms with van der Waals surface area (Å²) in [6.07, 6.45) is 0. The van der Waals surface area contributed by atoms with Crippen LogP contribution in [0.15, 0.2) is 17.0 Å². The molecule has 0 saturated carbocycles. The molecule has 0 atom stereocenters. The molecule has 0 radical (unpaired) electrons. The Hall–Kier alpha value is -0.980. The van der Waals surface area contributed by atoms with Gasteiger partial charge in [0.05, 0.1) is 17.8 Å². The quantitative estimate of drug-likeness (QED) is 0.595. The van der Waals surface area contributed by atoms with Crippen LogP contribution in [0.3, 0.4) is 0 Å². The number of anilines is 1. The Morgan fingerprint density at radius 3 is 2.50 bits per heavy atom. The number of methoxy groups -OCH3 is 1. The van der Waals surface area contributed by atoms with Gasteiger partial charge in [-0.1, -0.05) is 11.6 Å². The summed E-state index contributed by atoms with van der Waals surface area (Å²) in [7, 11) is -3.02. The molecule has 0 aliphatic carbocycles. The molecule has 78 valence electrons. The predicted molar refractivity (Wildman–Crippen MR) is 52.2 cm³/mol. The van der Waals surface area contributed by atoms with Crippen molar-refractivity contribution in [2.75, 3.05) is 12.8 Å². The maximum absolute atomic E-state index is 10.8. The van der Waals surface area contributed by atoms with E-state index in [1.807, 2.05) is 0 Å². The van der Waals surface area contributed by atoms with Gasteiger partial charge in [-0.2, -0.15) is 8.42 Å². The standard InChI is InChI=1S/C7H8ClNO4S/c1-13-6-3-7(14(10,11)12)5(9)2-4(6)8/h2-3H,9H2,1H3,(H,10,11,12). The van der Waals surface area contributed by atoms with Crippen LogP contribution >= 0.6 is 11.6 Å². The van der Waals surface area contributed by atoms with E-state index in [4.69, 9.17) is 26.6 Å². The van der Waals surface area contributed by atoms with Gasteiger partial charge < -0.3 is 10.5 Å². The molecule has 0 fully saturated rings. The fourth-order valence-electron chi connectivity index (χ4n) is 0.930. The zero-order valence-corrected chi connectivity index (χ0v) is 8.76.